The average molecular weight is 598 g/mol. The van der Waals surface area contributed by atoms with Crippen molar-refractivity contribution in [3.05, 3.63) is 144 Å². The number of pyridine rings is 3. The highest BCUT2D eigenvalue weighted by atomic mass is 15.0. The van der Waals surface area contributed by atoms with Gasteiger partial charge in [-0.15, -0.1) is 0 Å². The zero-order valence-electron chi connectivity index (χ0n) is 26.5. The quantitative estimate of drug-likeness (QED) is 0.194. The molecule has 5 heteroatoms. The average Bonchev–Trinajstić information content (AvgIpc) is 3.48. The van der Waals surface area contributed by atoms with E-state index < -0.39 is 5.41 Å². The van der Waals surface area contributed by atoms with Crippen LogP contribution in [0.1, 0.15) is 50.6 Å². The van der Waals surface area contributed by atoms with Gasteiger partial charge in [0.25, 0.3) is 0 Å². The first kappa shape index (κ1) is 28.0. The van der Waals surface area contributed by atoms with Gasteiger partial charge in [-0.1, -0.05) is 98.8 Å². The van der Waals surface area contributed by atoms with Crippen LogP contribution in [-0.4, -0.2) is 19.4 Å². The Morgan fingerprint density at radius 3 is 2.09 bits per heavy atom. The first-order chi connectivity index (χ1) is 22.4. The van der Waals surface area contributed by atoms with E-state index in [2.05, 4.69) is 147 Å². The van der Waals surface area contributed by atoms with Crippen LogP contribution in [0, 0.1) is 0 Å². The summed E-state index contributed by atoms with van der Waals surface area (Å²) in [6.45, 7) is 8.87. The van der Waals surface area contributed by atoms with Gasteiger partial charge in [0.05, 0.1) is 38.8 Å². The minimum atomic E-state index is -0.506. The van der Waals surface area contributed by atoms with Crippen LogP contribution in [0.2, 0.25) is 0 Å². The number of anilines is 2. The van der Waals surface area contributed by atoms with Crippen molar-refractivity contribution in [1.29, 1.82) is 0 Å². The summed E-state index contributed by atoms with van der Waals surface area (Å²) in [4.78, 5) is 16.0. The van der Waals surface area contributed by atoms with Crippen LogP contribution in [0.15, 0.2) is 127 Å². The normalized spacial score (nSPS) is 12.1. The van der Waals surface area contributed by atoms with Gasteiger partial charge in [-0.25, -0.2) is 9.97 Å². The minimum Gasteiger partial charge on any atom is -0.340 e. The number of imidazole rings is 1. The molecule has 1 N–H and O–H groups in total. The lowest BCUT2D eigenvalue weighted by Crippen LogP contribution is -2.23. The number of rotatable bonds is 6. The van der Waals surface area contributed by atoms with Crippen molar-refractivity contribution in [3.63, 3.8) is 0 Å². The molecule has 0 atom stereocenters. The number of hydrogen-bond donors (Lipinski definition) is 1. The second-order valence-corrected chi connectivity index (χ2v) is 12.8. The van der Waals surface area contributed by atoms with Gasteiger partial charge < -0.3 is 5.32 Å². The third-order valence-corrected chi connectivity index (χ3v) is 9.15. The van der Waals surface area contributed by atoms with Crippen LogP contribution in [0.25, 0.3) is 49.6 Å². The van der Waals surface area contributed by atoms with Crippen LogP contribution in [0.4, 0.5) is 11.5 Å². The molecule has 0 bridgehead atoms. The Morgan fingerprint density at radius 1 is 0.652 bits per heavy atom. The Labute approximate surface area is 268 Å². The predicted molar refractivity (Wildman–Crippen MR) is 191 cm³/mol. The van der Waals surface area contributed by atoms with Crippen LogP contribution < -0.4 is 5.32 Å². The highest BCUT2D eigenvalue weighted by Gasteiger charge is 2.30. The zero-order valence-corrected chi connectivity index (χ0v) is 26.5. The summed E-state index contributed by atoms with van der Waals surface area (Å²) in [5.74, 6) is 1.20. The van der Waals surface area contributed by atoms with Crippen molar-refractivity contribution < 1.29 is 0 Å². The van der Waals surface area contributed by atoms with E-state index in [0.717, 1.165) is 72.5 Å². The van der Waals surface area contributed by atoms with Crippen molar-refractivity contribution in [2.24, 2.45) is 0 Å². The maximum Gasteiger partial charge on any atom is 0.148 e. The van der Waals surface area contributed by atoms with E-state index in [-0.39, 0.29) is 0 Å². The fourth-order valence-electron chi connectivity index (χ4n) is 6.61. The second kappa shape index (κ2) is 10.8. The molecule has 0 amide bonds. The number of benzene rings is 4. The summed E-state index contributed by atoms with van der Waals surface area (Å²) >= 11 is 0. The highest BCUT2D eigenvalue weighted by Crippen LogP contribution is 2.41. The molecule has 0 spiro atoms. The Kier molecular flexibility index (Phi) is 6.57. The topological polar surface area (TPSA) is 55.1 Å². The molecule has 0 saturated heterocycles. The number of nitrogens with zero attached hydrogens (tertiary/aromatic N) is 4. The third kappa shape index (κ3) is 4.50. The van der Waals surface area contributed by atoms with Crippen LogP contribution in [0.3, 0.4) is 0 Å². The van der Waals surface area contributed by atoms with Gasteiger partial charge in [0.2, 0.25) is 0 Å². The summed E-state index contributed by atoms with van der Waals surface area (Å²) in [6, 6.07) is 44.4. The minimum absolute atomic E-state index is 0.318. The van der Waals surface area contributed by atoms with E-state index in [4.69, 9.17) is 15.0 Å². The first-order valence-electron chi connectivity index (χ1n) is 15.9. The standard InChI is InChI=1S/C41H35N5/c1-26(2)29-23-24-35(45-39(29)42-28-17-9-6-10-18-28)41(3,4)36-25-31(27-15-7-5-8-16-27)37-38(44-36)30-19-11-13-21-33(30)46-34-22-14-12-20-32(34)43-40(37)46/h5-26H,1-4H3,(H,42,45). The third-order valence-electron chi connectivity index (χ3n) is 9.15. The number of fused-ring (bicyclic) bond motifs is 8. The summed E-state index contributed by atoms with van der Waals surface area (Å²) in [5.41, 5.74) is 10.9. The molecule has 0 aliphatic carbocycles. The Bertz CT molecular complexity index is 2390. The molecule has 4 heterocycles. The summed E-state index contributed by atoms with van der Waals surface area (Å²) in [6.07, 6.45) is 0. The Balaban J connectivity index is 1.42. The molecule has 0 aliphatic heterocycles. The Morgan fingerprint density at radius 2 is 1.33 bits per heavy atom. The molecule has 8 rings (SSSR count). The lowest BCUT2D eigenvalue weighted by Gasteiger charge is -2.27. The second-order valence-electron chi connectivity index (χ2n) is 12.8. The van der Waals surface area contributed by atoms with Gasteiger partial charge in [0, 0.05) is 16.5 Å². The molecule has 0 aliphatic rings. The maximum absolute atomic E-state index is 5.52. The number of para-hydroxylation sites is 4. The number of hydrogen-bond acceptors (Lipinski definition) is 4. The van der Waals surface area contributed by atoms with Crippen molar-refractivity contribution in [1.82, 2.24) is 19.4 Å². The molecule has 0 fully saturated rings. The molecule has 5 nitrogen and oxygen atoms in total. The fourth-order valence-corrected chi connectivity index (χ4v) is 6.61. The zero-order chi connectivity index (χ0) is 31.4. The van der Waals surface area contributed by atoms with E-state index in [0.29, 0.717) is 5.92 Å². The van der Waals surface area contributed by atoms with Gasteiger partial charge in [-0.2, -0.15) is 0 Å². The summed E-state index contributed by atoms with van der Waals surface area (Å²) < 4.78 is 2.29. The van der Waals surface area contributed by atoms with E-state index in [1.54, 1.807) is 0 Å². The monoisotopic (exact) mass is 597 g/mol. The number of nitrogens with one attached hydrogen (secondary N) is 1. The molecule has 224 valence electrons. The van der Waals surface area contributed by atoms with Crippen LogP contribution in [-0.2, 0) is 5.41 Å². The molecule has 0 radical (unpaired) electrons. The molecule has 4 aromatic heterocycles. The summed E-state index contributed by atoms with van der Waals surface area (Å²) in [5, 5.41) is 5.75. The van der Waals surface area contributed by atoms with Crippen molar-refractivity contribution in [3.8, 4) is 11.1 Å². The van der Waals surface area contributed by atoms with Gasteiger partial charge in [-0.3, -0.25) is 9.38 Å². The van der Waals surface area contributed by atoms with Crippen LogP contribution >= 0.6 is 0 Å². The van der Waals surface area contributed by atoms with Gasteiger partial charge in [0.1, 0.15) is 11.5 Å². The highest BCUT2D eigenvalue weighted by molar-refractivity contribution is 6.17. The van der Waals surface area contributed by atoms with E-state index in [9.17, 15) is 0 Å². The smallest absolute Gasteiger partial charge is 0.148 e. The van der Waals surface area contributed by atoms with Gasteiger partial charge >= 0.3 is 0 Å². The molecule has 46 heavy (non-hydrogen) atoms. The SMILES string of the molecule is CC(C)c1ccc(C(C)(C)c2cc(-c3ccccc3)c3c(n2)c2ccccc2n2c4ccccc4nc32)nc1Nc1ccccc1. The number of aromatic nitrogens is 4. The lowest BCUT2D eigenvalue weighted by molar-refractivity contribution is 0.598. The van der Waals surface area contributed by atoms with E-state index in [1.165, 1.54) is 5.56 Å². The molecular weight excluding hydrogens is 562 g/mol. The fraction of sp³-hybridized carbons (Fsp3) is 0.146. The molecule has 8 aromatic rings. The van der Waals surface area contributed by atoms with Crippen molar-refractivity contribution in [2.45, 2.75) is 39.0 Å². The predicted octanol–water partition coefficient (Wildman–Crippen LogP) is 10.4. The molecule has 0 unspecified atom stereocenters. The largest absolute Gasteiger partial charge is 0.340 e. The molecule has 0 saturated carbocycles. The Hall–Kier alpha value is -5.55. The van der Waals surface area contributed by atoms with E-state index in [1.807, 2.05) is 18.2 Å². The van der Waals surface area contributed by atoms with Crippen molar-refractivity contribution in [2.75, 3.05) is 5.32 Å². The first-order valence-corrected chi connectivity index (χ1v) is 15.9. The lowest BCUT2D eigenvalue weighted by atomic mass is 9.82. The maximum atomic E-state index is 5.52. The van der Waals surface area contributed by atoms with Crippen molar-refractivity contribution >= 4 is 50.0 Å². The summed E-state index contributed by atoms with van der Waals surface area (Å²) in [7, 11) is 0. The van der Waals surface area contributed by atoms with E-state index >= 15 is 0 Å². The van der Waals surface area contributed by atoms with Gasteiger partial charge in [-0.05, 0) is 78.9 Å². The molecule has 4 aromatic carbocycles. The molecular formula is C41H35N5. The van der Waals surface area contributed by atoms with Crippen LogP contribution in [0.5, 0.6) is 0 Å². The van der Waals surface area contributed by atoms with Gasteiger partial charge in [0.15, 0.2) is 0 Å².